The van der Waals surface area contributed by atoms with Gasteiger partial charge in [-0.3, -0.25) is 9.59 Å². The van der Waals surface area contributed by atoms with E-state index in [0.717, 1.165) is 0 Å². The third kappa shape index (κ3) is 1.05. The molecule has 4 nitrogen and oxygen atoms in total. The first-order valence-corrected chi connectivity index (χ1v) is 2.59. The Balaban J connectivity index is 2.98. The van der Waals surface area contributed by atoms with Gasteiger partial charge in [-0.1, -0.05) is 0 Å². The maximum Gasteiger partial charge on any atom is 0.284 e. The Morgan fingerprint density at radius 1 is 1.60 bits per heavy atom. The predicted molar refractivity (Wildman–Crippen MR) is 32.6 cm³/mol. The molecule has 0 atom stereocenters. The summed E-state index contributed by atoms with van der Waals surface area (Å²) >= 11 is 0. The van der Waals surface area contributed by atoms with Gasteiger partial charge in [0.15, 0.2) is 17.8 Å². The number of carbonyl (C=O) groups is 2. The Bertz CT molecular complexity index is 264. The molecular formula is C6H5NO3. The highest BCUT2D eigenvalue weighted by atomic mass is 16.4. The topological polar surface area (TPSA) is 73.3 Å². The molecule has 0 aromatic carbocycles. The zero-order chi connectivity index (χ0) is 7.56. The molecule has 1 heterocycles. The van der Waals surface area contributed by atoms with Crippen molar-refractivity contribution in [2.24, 2.45) is 5.73 Å². The standard InChI is InChI=1S/C6H5NO3/c7-6(9)5-2-1-4(3-8)10-5/h1-3H,(H2,7,9). The molecule has 0 saturated carbocycles. The van der Waals surface area contributed by atoms with Crippen LogP contribution in [0, 0.1) is 0 Å². The quantitative estimate of drug-likeness (QED) is 0.594. The molecule has 1 aromatic heterocycles. The Hall–Kier alpha value is -1.58. The van der Waals surface area contributed by atoms with Crippen LogP contribution >= 0.6 is 0 Å². The molecule has 0 unspecified atom stereocenters. The minimum Gasteiger partial charge on any atom is -0.448 e. The molecule has 0 radical (unpaired) electrons. The van der Waals surface area contributed by atoms with E-state index in [1.54, 1.807) is 0 Å². The van der Waals surface area contributed by atoms with E-state index >= 15 is 0 Å². The maximum absolute atomic E-state index is 10.3. The van der Waals surface area contributed by atoms with Crippen LogP contribution in [0.2, 0.25) is 0 Å². The monoisotopic (exact) mass is 139 g/mol. The van der Waals surface area contributed by atoms with E-state index < -0.39 is 5.91 Å². The molecule has 1 aromatic rings. The van der Waals surface area contributed by atoms with Crippen molar-refractivity contribution >= 4 is 12.2 Å². The van der Waals surface area contributed by atoms with E-state index in [2.05, 4.69) is 4.42 Å². The van der Waals surface area contributed by atoms with Gasteiger partial charge in [-0.15, -0.1) is 0 Å². The molecule has 2 N–H and O–H groups in total. The van der Waals surface area contributed by atoms with Gasteiger partial charge >= 0.3 is 0 Å². The Morgan fingerprint density at radius 3 is 2.60 bits per heavy atom. The summed E-state index contributed by atoms with van der Waals surface area (Å²) in [6.07, 6.45) is 0.506. The number of primary amides is 1. The lowest BCUT2D eigenvalue weighted by molar-refractivity contribution is 0.0970. The largest absolute Gasteiger partial charge is 0.448 e. The number of nitrogens with two attached hydrogens (primary N) is 1. The van der Waals surface area contributed by atoms with Crippen LogP contribution in [-0.2, 0) is 0 Å². The molecule has 0 aliphatic rings. The summed E-state index contributed by atoms with van der Waals surface area (Å²) in [5.41, 5.74) is 4.83. The number of aldehydes is 1. The molecule has 4 heteroatoms. The van der Waals surface area contributed by atoms with Crippen LogP contribution in [0.25, 0.3) is 0 Å². The first-order chi connectivity index (χ1) is 4.74. The Kier molecular flexibility index (Phi) is 1.53. The van der Waals surface area contributed by atoms with E-state index in [0.29, 0.717) is 6.29 Å². The van der Waals surface area contributed by atoms with Crippen LogP contribution in [0.3, 0.4) is 0 Å². The van der Waals surface area contributed by atoms with Crippen molar-refractivity contribution in [3.63, 3.8) is 0 Å². The van der Waals surface area contributed by atoms with E-state index in [9.17, 15) is 9.59 Å². The highest BCUT2D eigenvalue weighted by molar-refractivity contribution is 5.90. The summed E-state index contributed by atoms with van der Waals surface area (Å²) in [7, 11) is 0. The number of carbonyl (C=O) groups excluding carboxylic acids is 2. The van der Waals surface area contributed by atoms with Crippen LogP contribution in [-0.4, -0.2) is 12.2 Å². The molecule has 0 saturated heterocycles. The Labute approximate surface area is 56.6 Å². The lowest BCUT2D eigenvalue weighted by Gasteiger charge is -1.82. The van der Waals surface area contributed by atoms with Gasteiger partial charge in [-0.25, -0.2) is 0 Å². The summed E-state index contributed by atoms with van der Waals surface area (Å²) in [6, 6.07) is 2.74. The second-order valence-corrected chi connectivity index (χ2v) is 1.68. The third-order valence-corrected chi connectivity index (χ3v) is 0.986. The molecule has 52 valence electrons. The minimum absolute atomic E-state index is 0.00194. The molecular weight excluding hydrogens is 134 g/mol. The summed E-state index contributed by atoms with van der Waals surface area (Å²) in [6.45, 7) is 0. The van der Waals surface area contributed by atoms with E-state index in [1.165, 1.54) is 12.1 Å². The molecule has 0 aliphatic carbocycles. The van der Waals surface area contributed by atoms with Crippen molar-refractivity contribution in [3.8, 4) is 0 Å². The smallest absolute Gasteiger partial charge is 0.284 e. The lowest BCUT2D eigenvalue weighted by atomic mass is 10.4. The van der Waals surface area contributed by atoms with Gasteiger partial charge < -0.3 is 10.2 Å². The van der Waals surface area contributed by atoms with Crippen LogP contribution in [0.4, 0.5) is 0 Å². The second-order valence-electron chi connectivity index (χ2n) is 1.68. The van der Waals surface area contributed by atoms with Gasteiger partial charge in [-0.2, -0.15) is 0 Å². The average Bonchev–Trinajstić information content (AvgIpc) is 2.34. The number of hydrogen-bond acceptors (Lipinski definition) is 3. The normalized spacial score (nSPS) is 9.20. The lowest BCUT2D eigenvalue weighted by Crippen LogP contribution is -2.09. The molecule has 0 spiro atoms. The van der Waals surface area contributed by atoms with Gasteiger partial charge in [0.25, 0.3) is 5.91 Å². The molecule has 1 rings (SSSR count). The van der Waals surface area contributed by atoms with E-state index in [4.69, 9.17) is 5.73 Å². The fourth-order valence-electron chi connectivity index (χ4n) is 0.549. The fraction of sp³-hybridized carbons (Fsp3) is 0. The Morgan fingerprint density at radius 2 is 2.30 bits per heavy atom. The summed E-state index contributed by atoms with van der Waals surface area (Å²) in [5.74, 6) is -0.566. The second kappa shape index (κ2) is 2.34. The molecule has 0 bridgehead atoms. The molecule has 0 aliphatic heterocycles. The van der Waals surface area contributed by atoms with E-state index in [-0.39, 0.29) is 11.5 Å². The number of hydrogen-bond donors (Lipinski definition) is 1. The van der Waals surface area contributed by atoms with Gasteiger partial charge in [0.2, 0.25) is 0 Å². The molecule has 0 fully saturated rings. The van der Waals surface area contributed by atoms with Gasteiger partial charge in [0.1, 0.15) is 0 Å². The summed E-state index contributed by atoms with van der Waals surface area (Å²) in [4.78, 5) is 20.3. The van der Waals surface area contributed by atoms with Crippen molar-refractivity contribution in [2.45, 2.75) is 0 Å². The SMILES string of the molecule is NC(=O)c1ccc(C=O)o1. The minimum atomic E-state index is -0.673. The molecule has 1 amide bonds. The van der Waals surface area contributed by atoms with Crippen molar-refractivity contribution in [2.75, 3.05) is 0 Å². The maximum atomic E-state index is 10.3. The van der Waals surface area contributed by atoms with Crippen molar-refractivity contribution < 1.29 is 14.0 Å². The van der Waals surface area contributed by atoms with Gasteiger partial charge in [0.05, 0.1) is 0 Å². The summed E-state index contributed by atoms with van der Waals surface area (Å²) in [5, 5.41) is 0. The number of rotatable bonds is 2. The summed E-state index contributed by atoms with van der Waals surface area (Å²) < 4.78 is 4.65. The fourth-order valence-corrected chi connectivity index (χ4v) is 0.549. The van der Waals surface area contributed by atoms with Crippen LogP contribution in [0.1, 0.15) is 21.1 Å². The van der Waals surface area contributed by atoms with Crippen molar-refractivity contribution in [1.82, 2.24) is 0 Å². The first kappa shape index (κ1) is 6.54. The van der Waals surface area contributed by atoms with Gasteiger partial charge in [0, 0.05) is 0 Å². The highest BCUT2D eigenvalue weighted by Gasteiger charge is 2.04. The van der Waals surface area contributed by atoms with Gasteiger partial charge in [-0.05, 0) is 12.1 Å². The zero-order valence-electron chi connectivity index (χ0n) is 5.03. The average molecular weight is 139 g/mol. The highest BCUT2D eigenvalue weighted by Crippen LogP contribution is 2.03. The van der Waals surface area contributed by atoms with Crippen molar-refractivity contribution in [3.05, 3.63) is 23.7 Å². The van der Waals surface area contributed by atoms with Crippen LogP contribution in [0.5, 0.6) is 0 Å². The third-order valence-electron chi connectivity index (χ3n) is 0.986. The number of amides is 1. The van der Waals surface area contributed by atoms with Crippen LogP contribution in [0.15, 0.2) is 16.5 Å². The van der Waals surface area contributed by atoms with Crippen molar-refractivity contribution in [1.29, 1.82) is 0 Å². The predicted octanol–water partition coefficient (Wildman–Crippen LogP) is 0.191. The number of furan rings is 1. The zero-order valence-corrected chi connectivity index (χ0v) is 5.03. The van der Waals surface area contributed by atoms with Crippen LogP contribution < -0.4 is 5.73 Å². The first-order valence-electron chi connectivity index (χ1n) is 2.59. The van der Waals surface area contributed by atoms with E-state index in [1.807, 2.05) is 0 Å². The molecule has 10 heavy (non-hydrogen) atoms.